The van der Waals surface area contributed by atoms with E-state index in [1.54, 1.807) is 0 Å². The molecule has 36 heavy (non-hydrogen) atoms. The molecule has 0 heterocycles. The highest BCUT2D eigenvalue weighted by atomic mass is 16.4. The van der Waals surface area contributed by atoms with Crippen molar-refractivity contribution in [2.75, 3.05) is 0 Å². The van der Waals surface area contributed by atoms with Crippen LogP contribution in [0.3, 0.4) is 0 Å². The Morgan fingerprint density at radius 1 is 0.472 bits per heavy atom. The Bertz CT molecular complexity index is 810. The summed E-state index contributed by atoms with van der Waals surface area (Å²) in [4.78, 5) is 0. The quantitative estimate of drug-likeness (QED) is 0.0886. The van der Waals surface area contributed by atoms with Crippen molar-refractivity contribution in [2.24, 2.45) is 10.3 Å². The van der Waals surface area contributed by atoms with Crippen LogP contribution in [0.15, 0.2) is 58.8 Å². The first-order valence-electron chi connectivity index (χ1n) is 14.4. The van der Waals surface area contributed by atoms with E-state index in [-0.39, 0.29) is 0 Å². The van der Waals surface area contributed by atoms with Crippen molar-refractivity contribution in [3.8, 4) is 11.1 Å². The maximum Gasteiger partial charge on any atom is 0.0867 e. The Morgan fingerprint density at radius 3 is 1.08 bits per heavy atom. The highest BCUT2D eigenvalue weighted by Crippen LogP contribution is 2.23. The number of rotatable bonds is 19. The Kier molecular flexibility index (Phi) is 15.3. The zero-order valence-electron chi connectivity index (χ0n) is 22.7. The summed E-state index contributed by atoms with van der Waals surface area (Å²) in [6.45, 7) is 4.48. The van der Waals surface area contributed by atoms with Crippen LogP contribution in [0.2, 0.25) is 0 Å². The molecule has 0 spiro atoms. The lowest BCUT2D eigenvalue weighted by molar-refractivity contribution is 0.317. The van der Waals surface area contributed by atoms with Gasteiger partial charge in [-0.2, -0.15) is 0 Å². The third kappa shape index (κ3) is 11.0. The van der Waals surface area contributed by atoms with E-state index in [1.165, 1.54) is 77.0 Å². The zero-order valence-corrected chi connectivity index (χ0v) is 22.7. The highest BCUT2D eigenvalue weighted by Gasteiger charge is 2.08. The SMILES string of the molecule is CCCCCCCCC/C(=N/O)c1ccc(-c2ccc(/C(CCCCCCCCC)=N\O)cc2)cc1. The minimum absolute atomic E-state index is 0.764. The molecule has 0 saturated carbocycles. The molecule has 0 amide bonds. The van der Waals surface area contributed by atoms with Crippen LogP contribution in [-0.2, 0) is 0 Å². The van der Waals surface area contributed by atoms with Crippen LogP contribution in [0.5, 0.6) is 0 Å². The van der Waals surface area contributed by atoms with Crippen molar-refractivity contribution in [2.45, 2.75) is 117 Å². The third-order valence-corrected chi connectivity index (χ3v) is 7.05. The summed E-state index contributed by atoms with van der Waals surface area (Å²) in [7, 11) is 0. The predicted molar refractivity (Wildman–Crippen MR) is 154 cm³/mol. The van der Waals surface area contributed by atoms with Crippen molar-refractivity contribution in [1.29, 1.82) is 0 Å². The third-order valence-electron chi connectivity index (χ3n) is 7.05. The molecule has 0 atom stereocenters. The number of oxime groups is 2. The summed E-state index contributed by atoms with van der Waals surface area (Å²) < 4.78 is 0. The topological polar surface area (TPSA) is 65.2 Å². The van der Waals surface area contributed by atoms with Gasteiger partial charge in [-0.1, -0.05) is 150 Å². The molecule has 0 bridgehead atoms. The van der Waals surface area contributed by atoms with E-state index in [9.17, 15) is 10.4 Å². The van der Waals surface area contributed by atoms with Crippen LogP contribution in [0.25, 0.3) is 11.1 Å². The molecule has 0 aliphatic rings. The lowest BCUT2D eigenvalue weighted by Gasteiger charge is -2.09. The van der Waals surface area contributed by atoms with E-state index in [4.69, 9.17) is 0 Å². The van der Waals surface area contributed by atoms with Gasteiger partial charge in [0.2, 0.25) is 0 Å². The smallest absolute Gasteiger partial charge is 0.0867 e. The molecule has 2 aromatic carbocycles. The Labute approximate surface area is 219 Å². The Balaban J connectivity index is 1.83. The largest absolute Gasteiger partial charge is 0.411 e. The molecule has 0 unspecified atom stereocenters. The standard InChI is InChI=1S/C32H48N2O2/c1-3-5-7-9-11-13-15-17-31(33-35)29-23-19-27(20-24-29)28-21-25-30(26-22-28)32(34-36)18-16-14-12-10-8-6-4-2/h19-26,35-36H,3-18H2,1-2H3/b33-31-,34-32-. The van der Waals surface area contributed by atoms with Gasteiger partial charge in [0.05, 0.1) is 11.4 Å². The van der Waals surface area contributed by atoms with Crippen molar-refractivity contribution >= 4 is 11.4 Å². The molecule has 2 aromatic rings. The molecule has 0 aliphatic heterocycles. The van der Waals surface area contributed by atoms with E-state index in [0.717, 1.165) is 59.4 Å². The first kappa shape index (κ1) is 29.6. The van der Waals surface area contributed by atoms with Crippen molar-refractivity contribution < 1.29 is 10.4 Å². The fourth-order valence-electron chi connectivity index (χ4n) is 4.71. The average Bonchev–Trinajstić information content (AvgIpc) is 2.92. The summed E-state index contributed by atoms with van der Waals surface area (Å²) in [5.41, 5.74) is 5.72. The number of unbranched alkanes of at least 4 members (excludes halogenated alkanes) is 12. The van der Waals surface area contributed by atoms with Gasteiger partial charge in [-0.25, -0.2) is 0 Å². The monoisotopic (exact) mass is 492 g/mol. The van der Waals surface area contributed by atoms with Gasteiger partial charge in [0.15, 0.2) is 0 Å². The maximum atomic E-state index is 9.53. The van der Waals surface area contributed by atoms with Crippen LogP contribution in [0, 0.1) is 0 Å². The second-order valence-electron chi connectivity index (χ2n) is 9.99. The van der Waals surface area contributed by atoms with Gasteiger partial charge in [-0.15, -0.1) is 0 Å². The first-order chi connectivity index (χ1) is 17.7. The predicted octanol–water partition coefficient (Wildman–Crippen LogP) is 9.99. The molecule has 4 heteroatoms. The van der Waals surface area contributed by atoms with Crippen molar-refractivity contribution in [3.63, 3.8) is 0 Å². The molecule has 0 aliphatic carbocycles. The van der Waals surface area contributed by atoms with E-state index >= 15 is 0 Å². The molecule has 2 rings (SSSR count). The van der Waals surface area contributed by atoms with Gasteiger partial charge < -0.3 is 10.4 Å². The summed E-state index contributed by atoms with van der Waals surface area (Å²) in [6.07, 6.45) is 19.1. The zero-order chi connectivity index (χ0) is 25.8. The van der Waals surface area contributed by atoms with Crippen LogP contribution < -0.4 is 0 Å². The van der Waals surface area contributed by atoms with Gasteiger partial charge in [0.25, 0.3) is 0 Å². The van der Waals surface area contributed by atoms with Crippen molar-refractivity contribution in [3.05, 3.63) is 59.7 Å². The van der Waals surface area contributed by atoms with Crippen LogP contribution in [-0.4, -0.2) is 21.8 Å². The van der Waals surface area contributed by atoms with E-state index in [2.05, 4.69) is 48.4 Å². The second-order valence-corrected chi connectivity index (χ2v) is 9.99. The normalized spacial score (nSPS) is 12.3. The van der Waals surface area contributed by atoms with Crippen LogP contribution in [0.4, 0.5) is 0 Å². The minimum Gasteiger partial charge on any atom is -0.411 e. The molecule has 0 radical (unpaired) electrons. The van der Waals surface area contributed by atoms with Gasteiger partial charge >= 0.3 is 0 Å². The molecule has 198 valence electrons. The minimum atomic E-state index is 0.764. The van der Waals surface area contributed by atoms with Gasteiger partial charge in [-0.3, -0.25) is 0 Å². The van der Waals surface area contributed by atoms with Gasteiger partial charge in [0.1, 0.15) is 0 Å². The van der Waals surface area contributed by atoms with Crippen LogP contribution in [0.1, 0.15) is 128 Å². The van der Waals surface area contributed by atoms with Gasteiger partial charge in [-0.05, 0) is 47.9 Å². The summed E-state index contributed by atoms with van der Waals surface area (Å²) in [5, 5.41) is 26.2. The molecule has 0 aromatic heterocycles. The number of hydrogen-bond acceptors (Lipinski definition) is 4. The molecular formula is C32H48N2O2. The molecule has 2 N–H and O–H groups in total. The molecule has 0 saturated heterocycles. The molecule has 0 fully saturated rings. The number of hydrogen-bond donors (Lipinski definition) is 2. The van der Waals surface area contributed by atoms with E-state index < -0.39 is 0 Å². The second kappa shape index (κ2) is 18.6. The lowest BCUT2D eigenvalue weighted by Crippen LogP contribution is -2.02. The Hall–Kier alpha value is -2.62. The number of benzene rings is 2. The van der Waals surface area contributed by atoms with E-state index in [0.29, 0.717) is 0 Å². The highest BCUT2D eigenvalue weighted by molar-refractivity contribution is 6.01. The fourth-order valence-corrected chi connectivity index (χ4v) is 4.71. The fraction of sp³-hybridized carbons (Fsp3) is 0.562. The number of nitrogens with zero attached hydrogens (tertiary/aromatic N) is 2. The molecular weight excluding hydrogens is 444 g/mol. The van der Waals surface area contributed by atoms with Crippen molar-refractivity contribution in [1.82, 2.24) is 0 Å². The van der Waals surface area contributed by atoms with Crippen LogP contribution >= 0.6 is 0 Å². The lowest BCUT2D eigenvalue weighted by atomic mass is 9.97. The Morgan fingerprint density at radius 2 is 0.778 bits per heavy atom. The average molecular weight is 493 g/mol. The van der Waals surface area contributed by atoms with Gasteiger partial charge in [0, 0.05) is 0 Å². The summed E-state index contributed by atoms with van der Waals surface area (Å²) in [6, 6.07) is 16.5. The summed E-state index contributed by atoms with van der Waals surface area (Å²) in [5.74, 6) is 0. The van der Waals surface area contributed by atoms with E-state index in [1.807, 2.05) is 24.3 Å². The maximum absolute atomic E-state index is 9.53. The summed E-state index contributed by atoms with van der Waals surface area (Å²) >= 11 is 0. The first-order valence-corrected chi connectivity index (χ1v) is 14.4. The molecule has 4 nitrogen and oxygen atoms in total.